The molecule has 0 aliphatic carbocycles. The summed E-state index contributed by atoms with van der Waals surface area (Å²) in [5.41, 5.74) is 2.62. The molecule has 6 heteroatoms. The predicted octanol–water partition coefficient (Wildman–Crippen LogP) is 4.10. The highest BCUT2D eigenvalue weighted by Crippen LogP contribution is 2.27. The molecule has 1 aromatic heterocycles. The smallest absolute Gasteiger partial charge is 0.307 e. The molecular weight excluding hydrogens is 320 g/mol. The summed E-state index contributed by atoms with van der Waals surface area (Å²) in [7, 11) is 0. The van der Waals surface area contributed by atoms with Crippen molar-refractivity contribution in [3.05, 3.63) is 63.7 Å². The number of aromatic nitrogens is 1. The van der Waals surface area contributed by atoms with Gasteiger partial charge >= 0.3 is 5.97 Å². The van der Waals surface area contributed by atoms with Gasteiger partial charge < -0.3 is 5.11 Å². The van der Waals surface area contributed by atoms with Crippen LogP contribution in [0.1, 0.15) is 21.7 Å². The van der Waals surface area contributed by atoms with Crippen LogP contribution in [0.5, 0.6) is 0 Å². The highest BCUT2D eigenvalue weighted by Gasteiger charge is 2.13. The predicted molar refractivity (Wildman–Crippen MR) is 84.9 cm³/mol. The van der Waals surface area contributed by atoms with E-state index in [1.807, 2.05) is 25.1 Å². The number of benzene rings is 2. The van der Waals surface area contributed by atoms with Crippen LogP contribution in [-0.2, 0) is 17.6 Å². The fourth-order valence-electron chi connectivity index (χ4n) is 2.56. The van der Waals surface area contributed by atoms with E-state index in [1.54, 1.807) is 0 Å². The van der Waals surface area contributed by atoms with Gasteiger partial charge in [-0.15, -0.1) is 11.3 Å². The van der Waals surface area contributed by atoms with Gasteiger partial charge in [-0.3, -0.25) is 4.79 Å². The lowest BCUT2D eigenvalue weighted by Crippen LogP contribution is -2.01. The van der Waals surface area contributed by atoms with Crippen LogP contribution in [0.25, 0.3) is 10.2 Å². The van der Waals surface area contributed by atoms with Crippen molar-refractivity contribution in [2.75, 3.05) is 0 Å². The Morgan fingerprint density at radius 1 is 1.22 bits per heavy atom. The summed E-state index contributed by atoms with van der Waals surface area (Å²) in [5.74, 6) is -2.73. The van der Waals surface area contributed by atoms with Gasteiger partial charge in [0, 0.05) is 6.42 Å². The molecular formula is C17H13F2NO2S. The van der Waals surface area contributed by atoms with E-state index in [9.17, 15) is 13.6 Å². The van der Waals surface area contributed by atoms with Gasteiger partial charge in [0.05, 0.1) is 16.1 Å². The van der Waals surface area contributed by atoms with E-state index >= 15 is 0 Å². The summed E-state index contributed by atoms with van der Waals surface area (Å²) in [6.07, 6.45) is 0.406. The maximum Gasteiger partial charge on any atom is 0.307 e. The maximum absolute atomic E-state index is 13.7. The van der Waals surface area contributed by atoms with Crippen LogP contribution in [0.15, 0.2) is 30.3 Å². The number of aryl methyl sites for hydroxylation is 1. The molecule has 3 aromatic rings. The van der Waals surface area contributed by atoms with E-state index in [0.717, 1.165) is 17.2 Å². The molecule has 118 valence electrons. The van der Waals surface area contributed by atoms with E-state index < -0.39 is 17.6 Å². The number of hydrogen-bond donors (Lipinski definition) is 1. The minimum Gasteiger partial charge on any atom is -0.481 e. The third-order valence-corrected chi connectivity index (χ3v) is 4.42. The molecule has 0 atom stereocenters. The largest absolute Gasteiger partial charge is 0.481 e. The number of hydrogen-bond acceptors (Lipinski definition) is 3. The molecule has 0 unspecified atom stereocenters. The van der Waals surface area contributed by atoms with Gasteiger partial charge in [0.2, 0.25) is 0 Å². The Hall–Kier alpha value is -2.34. The first-order valence-electron chi connectivity index (χ1n) is 6.97. The molecule has 0 bridgehead atoms. The van der Waals surface area contributed by atoms with Crippen molar-refractivity contribution in [1.82, 2.24) is 4.98 Å². The molecule has 0 amide bonds. The number of carboxylic acids is 1. The van der Waals surface area contributed by atoms with Gasteiger partial charge in [-0.05, 0) is 30.2 Å². The summed E-state index contributed by atoms with van der Waals surface area (Å²) in [5, 5.41) is 9.57. The number of carboxylic acid groups (broad SMARTS) is 1. The Balaban J connectivity index is 1.94. The van der Waals surface area contributed by atoms with Gasteiger partial charge in [0.25, 0.3) is 0 Å². The van der Waals surface area contributed by atoms with Crippen LogP contribution >= 0.6 is 11.3 Å². The SMILES string of the molecule is Cc1cc(CC(=O)O)cc(Cc2nc3c(F)c(F)ccc3s2)c1. The molecule has 0 fully saturated rings. The second kappa shape index (κ2) is 6.04. The Bertz CT molecular complexity index is 905. The number of thiazole rings is 1. The van der Waals surface area contributed by atoms with Crippen LogP contribution in [0.3, 0.4) is 0 Å². The molecule has 2 aromatic carbocycles. The lowest BCUT2D eigenvalue weighted by Gasteiger charge is -2.05. The van der Waals surface area contributed by atoms with Crippen molar-refractivity contribution in [2.24, 2.45) is 0 Å². The molecule has 0 saturated heterocycles. The van der Waals surface area contributed by atoms with Gasteiger partial charge in [-0.25, -0.2) is 13.8 Å². The second-order valence-electron chi connectivity index (χ2n) is 5.39. The molecule has 3 rings (SSSR count). The Morgan fingerprint density at radius 3 is 2.70 bits per heavy atom. The summed E-state index contributed by atoms with van der Waals surface area (Å²) in [6.45, 7) is 1.89. The summed E-state index contributed by atoms with van der Waals surface area (Å²) >= 11 is 1.31. The number of carbonyl (C=O) groups is 1. The van der Waals surface area contributed by atoms with E-state index in [-0.39, 0.29) is 11.9 Å². The molecule has 1 heterocycles. The van der Waals surface area contributed by atoms with E-state index in [1.165, 1.54) is 17.4 Å². The average molecular weight is 333 g/mol. The van der Waals surface area contributed by atoms with Gasteiger partial charge in [-0.1, -0.05) is 23.8 Å². The van der Waals surface area contributed by atoms with Crippen LogP contribution in [0.4, 0.5) is 8.78 Å². The molecule has 23 heavy (non-hydrogen) atoms. The number of nitrogens with zero attached hydrogens (tertiary/aromatic N) is 1. The van der Waals surface area contributed by atoms with Crippen molar-refractivity contribution >= 4 is 27.5 Å². The standard InChI is InChI=1S/C17H13F2NO2S/c1-9-4-10(6-11(5-9)8-15(21)22)7-14-20-17-13(23-14)3-2-12(18)16(17)19/h2-6H,7-8H2,1H3,(H,21,22). The first kappa shape index (κ1) is 15.6. The van der Waals surface area contributed by atoms with Crippen LogP contribution in [0, 0.1) is 18.6 Å². The quantitative estimate of drug-likeness (QED) is 0.782. The van der Waals surface area contributed by atoms with Gasteiger partial charge in [0.1, 0.15) is 5.52 Å². The highest BCUT2D eigenvalue weighted by atomic mass is 32.1. The van der Waals surface area contributed by atoms with Crippen molar-refractivity contribution < 1.29 is 18.7 Å². The van der Waals surface area contributed by atoms with Crippen LogP contribution in [0.2, 0.25) is 0 Å². The number of halogens is 2. The molecule has 0 radical (unpaired) electrons. The highest BCUT2D eigenvalue weighted by molar-refractivity contribution is 7.18. The number of aliphatic carboxylic acids is 1. The lowest BCUT2D eigenvalue weighted by molar-refractivity contribution is -0.136. The Kier molecular flexibility index (Phi) is 4.09. The van der Waals surface area contributed by atoms with Crippen LogP contribution < -0.4 is 0 Å². The summed E-state index contributed by atoms with van der Waals surface area (Å²) in [4.78, 5) is 15.0. The number of fused-ring (bicyclic) bond motifs is 1. The van der Waals surface area contributed by atoms with E-state index in [0.29, 0.717) is 21.7 Å². The van der Waals surface area contributed by atoms with E-state index in [4.69, 9.17) is 5.11 Å². The Morgan fingerprint density at radius 2 is 1.96 bits per heavy atom. The molecule has 0 aliphatic heterocycles. The van der Waals surface area contributed by atoms with Crippen molar-refractivity contribution in [3.63, 3.8) is 0 Å². The lowest BCUT2D eigenvalue weighted by atomic mass is 10.0. The molecule has 0 saturated carbocycles. The van der Waals surface area contributed by atoms with Gasteiger partial charge in [0.15, 0.2) is 11.6 Å². The van der Waals surface area contributed by atoms with Crippen molar-refractivity contribution in [2.45, 2.75) is 19.8 Å². The molecule has 0 aliphatic rings. The second-order valence-corrected chi connectivity index (χ2v) is 6.51. The maximum atomic E-state index is 13.7. The van der Waals surface area contributed by atoms with Crippen LogP contribution in [-0.4, -0.2) is 16.1 Å². The fraction of sp³-hybridized carbons (Fsp3) is 0.176. The number of rotatable bonds is 4. The van der Waals surface area contributed by atoms with Crippen molar-refractivity contribution in [1.29, 1.82) is 0 Å². The average Bonchev–Trinajstić information content (AvgIpc) is 2.85. The summed E-state index contributed by atoms with van der Waals surface area (Å²) in [6, 6.07) is 8.18. The first-order valence-corrected chi connectivity index (χ1v) is 7.78. The topological polar surface area (TPSA) is 50.2 Å². The zero-order valence-electron chi connectivity index (χ0n) is 12.3. The third-order valence-electron chi connectivity index (χ3n) is 3.40. The minimum absolute atomic E-state index is 0.0448. The zero-order chi connectivity index (χ0) is 16.6. The summed E-state index contributed by atoms with van der Waals surface area (Å²) < 4.78 is 27.6. The normalized spacial score (nSPS) is 11.1. The molecule has 3 nitrogen and oxygen atoms in total. The molecule has 0 spiro atoms. The first-order chi connectivity index (χ1) is 10.9. The Labute approximate surface area is 135 Å². The minimum atomic E-state index is -0.930. The fourth-order valence-corrected chi connectivity index (χ4v) is 3.56. The van der Waals surface area contributed by atoms with Crippen molar-refractivity contribution in [3.8, 4) is 0 Å². The van der Waals surface area contributed by atoms with E-state index in [2.05, 4.69) is 4.98 Å². The molecule has 1 N–H and O–H groups in total. The monoisotopic (exact) mass is 333 g/mol. The zero-order valence-corrected chi connectivity index (χ0v) is 13.1. The third kappa shape index (κ3) is 3.37. The van der Waals surface area contributed by atoms with Gasteiger partial charge in [-0.2, -0.15) is 0 Å².